The second kappa shape index (κ2) is 9.07. The number of amides is 1. The fourth-order valence-corrected chi connectivity index (χ4v) is 5.55. The molecule has 0 saturated carbocycles. The van der Waals surface area contributed by atoms with Crippen LogP contribution in [-0.2, 0) is 21.2 Å². The van der Waals surface area contributed by atoms with Crippen LogP contribution >= 0.6 is 0 Å². The minimum Gasteiger partial charge on any atom is -0.325 e. The number of nitrogens with one attached hydrogen (secondary N) is 1. The summed E-state index contributed by atoms with van der Waals surface area (Å²) in [6, 6.07) is 19.3. The predicted molar refractivity (Wildman–Crippen MR) is 130 cm³/mol. The van der Waals surface area contributed by atoms with Gasteiger partial charge in [-0.05, 0) is 56.7 Å². The summed E-state index contributed by atoms with van der Waals surface area (Å²) in [7, 11) is -3.89. The first-order valence-electron chi connectivity index (χ1n) is 10.7. The Morgan fingerprint density at radius 1 is 1.00 bits per heavy atom. The van der Waals surface area contributed by atoms with Crippen LogP contribution in [0.25, 0.3) is 5.65 Å². The molecule has 2 aromatic heterocycles. The van der Waals surface area contributed by atoms with Crippen molar-refractivity contribution < 1.29 is 13.2 Å². The van der Waals surface area contributed by atoms with E-state index in [0.29, 0.717) is 5.69 Å². The van der Waals surface area contributed by atoms with Gasteiger partial charge in [-0.15, -0.1) is 0 Å². The predicted octanol–water partition coefficient (Wildman–Crippen LogP) is 4.35. The number of fused-ring (bicyclic) bond motifs is 1. The molecule has 170 valence electrons. The number of pyridine rings is 1. The molecule has 0 aliphatic rings. The largest absolute Gasteiger partial charge is 0.325 e. The van der Waals surface area contributed by atoms with E-state index in [9.17, 15) is 13.2 Å². The molecule has 4 rings (SSSR count). The molecule has 4 aromatic rings. The van der Waals surface area contributed by atoms with Crippen molar-refractivity contribution in [3.05, 3.63) is 89.9 Å². The molecule has 0 unspecified atom stereocenters. The maximum atomic E-state index is 13.5. The average molecular weight is 463 g/mol. The number of hydrogen-bond acceptors (Lipinski definition) is 4. The molecule has 2 aromatic carbocycles. The highest BCUT2D eigenvalue weighted by atomic mass is 32.2. The van der Waals surface area contributed by atoms with Gasteiger partial charge in [0.15, 0.2) is 0 Å². The SMILES string of the molecule is CCN(c1ccccc1)S(=O)(=O)c1ccccc1NC(=O)Cc1c(C)nc2c(C)cccn12. The van der Waals surface area contributed by atoms with Gasteiger partial charge in [0, 0.05) is 12.7 Å². The number of sulfonamides is 1. The monoisotopic (exact) mass is 462 g/mol. The Kier molecular flexibility index (Phi) is 6.20. The standard InChI is InChI=1S/C25H26N4O3S/c1-4-29(20-12-6-5-7-13-20)33(31,32)23-15-9-8-14-21(23)27-24(30)17-22-19(3)26-25-18(2)11-10-16-28(22)25/h5-16H,4,17H2,1-3H3,(H,27,30). The first-order chi connectivity index (χ1) is 15.8. The summed E-state index contributed by atoms with van der Waals surface area (Å²) in [5.74, 6) is -0.313. The minimum atomic E-state index is -3.89. The number of aryl methyl sites for hydroxylation is 2. The molecule has 1 N–H and O–H groups in total. The van der Waals surface area contributed by atoms with Crippen LogP contribution in [0.5, 0.6) is 0 Å². The summed E-state index contributed by atoms with van der Waals surface area (Å²) >= 11 is 0. The van der Waals surface area contributed by atoms with Crippen molar-refractivity contribution in [2.24, 2.45) is 0 Å². The van der Waals surface area contributed by atoms with Crippen molar-refractivity contribution >= 4 is 33.0 Å². The molecule has 0 bridgehead atoms. The Morgan fingerprint density at radius 3 is 2.42 bits per heavy atom. The summed E-state index contributed by atoms with van der Waals surface area (Å²) in [5, 5.41) is 2.81. The lowest BCUT2D eigenvalue weighted by molar-refractivity contribution is -0.115. The van der Waals surface area contributed by atoms with Crippen molar-refractivity contribution in [1.29, 1.82) is 0 Å². The number of anilines is 2. The summed E-state index contributed by atoms with van der Waals surface area (Å²) < 4.78 is 30.3. The van der Waals surface area contributed by atoms with Crippen LogP contribution in [0.15, 0.2) is 77.8 Å². The van der Waals surface area contributed by atoms with Crippen molar-refractivity contribution in [3.63, 3.8) is 0 Å². The van der Waals surface area contributed by atoms with E-state index in [4.69, 9.17) is 0 Å². The molecule has 1 amide bonds. The Hall–Kier alpha value is -3.65. The average Bonchev–Trinajstić information content (AvgIpc) is 3.11. The van der Waals surface area contributed by atoms with E-state index in [1.54, 1.807) is 49.4 Å². The van der Waals surface area contributed by atoms with Crippen LogP contribution in [0, 0.1) is 13.8 Å². The number of carbonyl (C=O) groups excluding carboxylic acids is 1. The van der Waals surface area contributed by atoms with Gasteiger partial charge in [0.05, 0.1) is 29.2 Å². The van der Waals surface area contributed by atoms with Gasteiger partial charge >= 0.3 is 0 Å². The van der Waals surface area contributed by atoms with E-state index in [2.05, 4.69) is 10.3 Å². The fourth-order valence-electron chi connectivity index (χ4n) is 3.92. The smallest absolute Gasteiger partial charge is 0.266 e. The van der Waals surface area contributed by atoms with Crippen molar-refractivity contribution in [2.45, 2.75) is 32.1 Å². The van der Waals surface area contributed by atoms with Gasteiger partial charge in [-0.1, -0.05) is 36.4 Å². The highest BCUT2D eigenvalue weighted by molar-refractivity contribution is 7.93. The zero-order valence-electron chi connectivity index (χ0n) is 18.8. The molecular formula is C25H26N4O3S. The van der Waals surface area contributed by atoms with Gasteiger partial charge in [-0.3, -0.25) is 9.10 Å². The van der Waals surface area contributed by atoms with Gasteiger partial charge in [-0.25, -0.2) is 13.4 Å². The molecule has 33 heavy (non-hydrogen) atoms. The zero-order valence-corrected chi connectivity index (χ0v) is 19.6. The fraction of sp³-hybridized carbons (Fsp3) is 0.200. The lowest BCUT2D eigenvalue weighted by Crippen LogP contribution is -2.31. The van der Waals surface area contributed by atoms with E-state index in [1.807, 2.05) is 42.6 Å². The van der Waals surface area contributed by atoms with Crippen molar-refractivity contribution in [2.75, 3.05) is 16.2 Å². The van der Waals surface area contributed by atoms with Gasteiger partial charge in [0.1, 0.15) is 10.5 Å². The zero-order chi connectivity index (χ0) is 23.6. The highest BCUT2D eigenvalue weighted by Crippen LogP contribution is 2.28. The van der Waals surface area contributed by atoms with Crippen molar-refractivity contribution in [3.8, 4) is 0 Å². The number of hydrogen-bond donors (Lipinski definition) is 1. The summed E-state index contributed by atoms with van der Waals surface area (Å²) in [5.41, 5.74) is 4.18. The first-order valence-corrected chi connectivity index (χ1v) is 12.2. The Morgan fingerprint density at radius 2 is 1.70 bits per heavy atom. The molecule has 0 spiro atoms. The van der Waals surface area contributed by atoms with Crippen LogP contribution in [-0.4, -0.2) is 30.3 Å². The quantitative estimate of drug-likeness (QED) is 0.443. The number of imidazole rings is 1. The van der Waals surface area contributed by atoms with E-state index >= 15 is 0 Å². The molecule has 0 aliphatic carbocycles. The summed E-state index contributed by atoms with van der Waals surface area (Å²) in [6.45, 7) is 5.88. The third-order valence-electron chi connectivity index (χ3n) is 5.53. The maximum absolute atomic E-state index is 13.5. The van der Waals surface area contributed by atoms with Gasteiger partial charge in [-0.2, -0.15) is 0 Å². The number of aromatic nitrogens is 2. The first kappa shape index (κ1) is 22.5. The van der Waals surface area contributed by atoms with Crippen molar-refractivity contribution in [1.82, 2.24) is 9.38 Å². The number of nitrogens with zero attached hydrogens (tertiary/aromatic N) is 3. The number of carbonyl (C=O) groups is 1. The second-order valence-electron chi connectivity index (χ2n) is 7.76. The Labute approximate surface area is 193 Å². The summed E-state index contributed by atoms with van der Waals surface area (Å²) in [6.07, 6.45) is 1.95. The molecule has 2 heterocycles. The van der Waals surface area contributed by atoms with E-state index in [-0.39, 0.29) is 29.5 Å². The topological polar surface area (TPSA) is 83.8 Å². The number of benzene rings is 2. The summed E-state index contributed by atoms with van der Waals surface area (Å²) in [4.78, 5) is 17.6. The van der Waals surface area contributed by atoms with E-state index in [1.165, 1.54) is 10.4 Å². The molecule has 0 aliphatic heterocycles. The molecule has 0 radical (unpaired) electrons. The second-order valence-corrected chi connectivity index (χ2v) is 9.59. The van der Waals surface area contributed by atoms with Crippen LogP contribution < -0.4 is 9.62 Å². The highest BCUT2D eigenvalue weighted by Gasteiger charge is 2.27. The molecule has 8 heteroatoms. The lowest BCUT2D eigenvalue weighted by atomic mass is 10.2. The lowest BCUT2D eigenvalue weighted by Gasteiger charge is -2.24. The minimum absolute atomic E-state index is 0.0507. The van der Waals surface area contributed by atoms with Crippen LogP contribution in [0.3, 0.4) is 0 Å². The number of rotatable bonds is 7. The van der Waals surface area contributed by atoms with Crippen LogP contribution in [0.4, 0.5) is 11.4 Å². The third-order valence-corrected chi connectivity index (χ3v) is 7.49. The maximum Gasteiger partial charge on any atom is 0.266 e. The Balaban J connectivity index is 1.64. The molecule has 7 nitrogen and oxygen atoms in total. The van der Waals surface area contributed by atoms with Gasteiger partial charge in [0.25, 0.3) is 10.0 Å². The van der Waals surface area contributed by atoms with Gasteiger partial charge < -0.3 is 9.72 Å². The van der Waals surface area contributed by atoms with E-state index < -0.39 is 10.0 Å². The third kappa shape index (κ3) is 4.34. The van der Waals surface area contributed by atoms with Crippen LogP contribution in [0.1, 0.15) is 23.9 Å². The number of para-hydroxylation sites is 2. The molecular weight excluding hydrogens is 436 g/mol. The molecule has 0 saturated heterocycles. The van der Waals surface area contributed by atoms with E-state index in [0.717, 1.165) is 22.6 Å². The molecule has 0 atom stereocenters. The Bertz CT molecular complexity index is 1410. The van der Waals surface area contributed by atoms with Crippen LogP contribution in [0.2, 0.25) is 0 Å². The molecule has 0 fully saturated rings. The normalized spacial score (nSPS) is 11.5. The van der Waals surface area contributed by atoms with Gasteiger partial charge in [0.2, 0.25) is 5.91 Å².